The number of fused-ring (bicyclic) bond motifs is 1. The summed E-state index contributed by atoms with van der Waals surface area (Å²) >= 11 is 0. The van der Waals surface area contributed by atoms with Gasteiger partial charge < -0.3 is 24.4 Å². The highest BCUT2D eigenvalue weighted by Crippen LogP contribution is 2.43. The first-order chi connectivity index (χ1) is 8.56. The number of halogens is 1. The van der Waals surface area contributed by atoms with Crippen LogP contribution in [0.15, 0.2) is 6.07 Å². The maximum Gasteiger partial charge on any atom is 0.339 e. The van der Waals surface area contributed by atoms with E-state index in [9.17, 15) is 19.4 Å². The molecule has 2 rings (SSSR count). The number of hydrogen-bond donors (Lipinski definition) is 2. The molecule has 1 unspecified atom stereocenters. The number of methoxy groups -OCH3 is 1. The van der Waals surface area contributed by atoms with Crippen LogP contribution >= 0.6 is 0 Å². The molecule has 18 heavy (non-hydrogen) atoms. The van der Waals surface area contributed by atoms with E-state index in [2.05, 4.69) is 4.74 Å². The Bertz CT molecular complexity index is 487. The normalized spacial score (nSPS) is 15.1. The van der Waals surface area contributed by atoms with Gasteiger partial charge in [-0.3, -0.25) is 0 Å². The van der Waals surface area contributed by atoms with Crippen molar-refractivity contribution in [3.8, 4) is 17.2 Å². The number of esters is 1. The predicted molar refractivity (Wildman–Crippen MR) is 56.0 cm³/mol. The van der Waals surface area contributed by atoms with E-state index in [1.54, 1.807) is 0 Å². The minimum absolute atomic E-state index is 0.0677. The molecule has 98 valence electrons. The van der Waals surface area contributed by atoms with Crippen molar-refractivity contribution in [1.82, 2.24) is 0 Å². The van der Waals surface area contributed by atoms with Gasteiger partial charge in [0.15, 0.2) is 29.2 Å². The highest BCUT2D eigenvalue weighted by molar-refractivity contribution is 5.78. The van der Waals surface area contributed by atoms with E-state index in [-0.39, 0.29) is 24.7 Å². The number of ether oxygens (including phenoxy) is 3. The lowest BCUT2D eigenvalue weighted by atomic mass is 10.1. The van der Waals surface area contributed by atoms with Crippen LogP contribution in [0.3, 0.4) is 0 Å². The molecule has 0 saturated carbocycles. The van der Waals surface area contributed by atoms with Crippen molar-refractivity contribution in [1.29, 1.82) is 0 Å². The Morgan fingerprint density at radius 1 is 1.50 bits per heavy atom. The average Bonchev–Trinajstić information content (AvgIpc) is 2.38. The highest BCUT2D eigenvalue weighted by atomic mass is 19.1. The minimum Gasteiger partial charge on any atom is -0.505 e. The van der Waals surface area contributed by atoms with Crippen molar-refractivity contribution in [3.05, 3.63) is 17.4 Å². The summed E-state index contributed by atoms with van der Waals surface area (Å²) < 4.78 is 28.4. The molecule has 1 aromatic rings. The molecule has 1 heterocycles. The van der Waals surface area contributed by atoms with Crippen LogP contribution in [0.5, 0.6) is 17.2 Å². The second-order valence-corrected chi connectivity index (χ2v) is 3.57. The van der Waals surface area contributed by atoms with Crippen LogP contribution in [-0.2, 0) is 9.53 Å². The zero-order valence-corrected chi connectivity index (χ0v) is 9.47. The van der Waals surface area contributed by atoms with Crippen LogP contribution in [0.1, 0.15) is 11.7 Å². The van der Waals surface area contributed by atoms with Crippen molar-refractivity contribution in [2.75, 3.05) is 20.3 Å². The second kappa shape index (κ2) is 4.69. The Labute approximate surface area is 102 Å². The van der Waals surface area contributed by atoms with E-state index >= 15 is 0 Å². The number of carbonyl (C=O) groups is 1. The van der Waals surface area contributed by atoms with Gasteiger partial charge in [-0.25, -0.2) is 9.18 Å². The molecule has 0 amide bonds. The van der Waals surface area contributed by atoms with Gasteiger partial charge in [-0.2, -0.15) is 0 Å². The summed E-state index contributed by atoms with van der Waals surface area (Å²) in [6, 6.07) is 1.03. The molecule has 0 spiro atoms. The summed E-state index contributed by atoms with van der Waals surface area (Å²) in [6.07, 6.45) is -1.89. The molecule has 0 aromatic heterocycles. The zero-order chi connectivity index (χ0) is 13.3. The number of rotatable bonds is 2. The molecule has 1 aromatic carbocycles. The number of aromatic hydroxyl groups is 1. The van der Waals surface area contributed by atoms with Gasteiger partial charge in [0.2, 0.25) is 0 Å². The fourth-order valence-electron chi connectivity index (χ4n) is 1.65. The van der Waals surface area contributed by atoms with Crippen molar-refractivity contribution >= 4 is 5.97 Å². The van der Waals surface area contributed by atoms with E-state index in [4.69, 9.17) is 9.47 Å². The van der Waals surface area contributed by atoms with Crippen molar-refractivity contribution in [3.63, 3.8) is 0 Å². The van der Waals surface area contributed by atoms with Crippen LogP contribution in [0.25, 0.3) is 0 Å². The summed E-state index contributed by atoms with van der Waals surface area (Å²) in [5.74, 6) is -2.97. The fraction of sp³-hybridized carbons (Fsp3) is 0.364. The number of hydrogen-bond acceptors (Lipinski definition) is 6. The molecule has 0 radical (unpaired) electrons. The minimum atomic E-state index is -1.89. The molecule has 1 aliphatic heterocycles. The first-order valence-electron chi connectivity index (χ1n) is 5.13. The third kappa shape index (κ3) is 1.92. The molecular weight excluding hydrogens is 247 g/mol. The van der Waals surface area contributed by atoms with Crippen LogP contribution < -0.4 is 9.47 Å². The highest BCUT2D eigenvalue weighted by Gasteiger charge is 2.32. The van der Waals surface area contributed by atoms with Gasteiger partial charge in [0.05, 0.1) is 12.7 Å². The van der Waals surface area contributed by atoms with Gasteiger partial charge in [-0.1, -0.05) is 0 Å². The van der Waals surface area contributed by atoms with Gasteiger partial charge >= 0.3 is 5.97 Å². The third-order valence-electron chi connectivity index (χ3n) is 2.48. The lowest BCUT2D eigenvalue weighted by Gasteiger charge is -2.23. The second-order valence-electron chi connectivity index (χ2n) is 3.57. The summed E-state index contributed by atoms with van der Waals surface area (Å²) in [5.41, 5.74) is -0.489. The summed E-state index contributed by atoms with van der Waals surface area (Å²) in [5, 5.41) is 19.1. The maximum absolute atomic E-state index is 13.8. The third-order valence-corrected chi connectivity index (χ3v) is 2.48. The molecule has 0 saturated heterocycles. The van der Waals surface area contributed by atoms with Gasteiger partial charge in [-0.15, -0.1) is 0 Å². The van der Waals surface area contributed by atoms with E-state index < -0.39 is 29.2 Å². The molecule has 1 atom stereocenters. The molecule has 7 heteroatoms. The number of carbonyl (C=O) groups excluding carboxylic acids is 1. The molecular formula is C11H11FO6. The number of benzene rings is 1. The molecule has 0 aliphatic carbocycles. The summed E-state index contributed by atoms with van der Waals surface area (Å²) in [7, 11) is 1.05. The molecule has 6 nitrogen and oxygen atoms in total. The first kappa shape index (κ1) is 12.4. The van der Waals surface area contributed by atoms with Gasteiger partial charge in [0, 0.05) is 6.07 Å². The smallest absolute Gasteiger partial charge is 0.339 e. The quantitative estimate of drug-likeness (QED) is 0.752. The number of aliphatic hydroxyl groups excluding tert-OH is 1. The van der Waals surface area contributed by atoms with Crippen molar-refractivity contribution in [2.45, 2.75) is 6.10 Å². The average molecular weight is 258 g/mol. The lowest BCUT2D eigenvalue weighted by Crippen LogP contribution is -2.21. The monoisotopic (exact) mass is 258 g/mol. The Hall–Kier alpha value is -2.02. The standard InChI is InChI=1S/C11H11FO6/c1-16-11(15)9(14)7-8(12)5(13)4-6-10(7)18-3-2-17-6/h4,9,13-14H,2-3H2,1H3. The largest absolute Gasteiger partial charge is 0.505 e. The number of aliphatic hydroxyl groups is 1. The van der Waals surface area contributed by atoms with Crippen LogP contribution in [0.4, 0.5) is 4.39 Å². The predicted octanol–water partition coefficient (Wildman–Crippen LogP) is 0.509. The summed E-state index contributed by atoms with van der Waals surface area (Å²) in [6.45, 7) is 0.379. The molecule has 1 aliphatic rings. The fourth-order valence-corrected chi connectivity index (χ4v) is 1.65. The van der Waals surface area contributed by atoms with Gasteiger partial charge in [0.1, 0.15) is 13.2 Å². The molecule has 2 N–H and O–H groups in total. The zero-order valence-electron chi connectivity index (χ0n) is 9.47. The van der Waals surface area contributed by atoms with E-state index in [0.29, 0.717) is 0 Å². The van der Waals surface area contributed by atoms with E-state index in [1.807, 2.05) is 0 Å². The van der Waals surface area contributed by atoms with Crippen LogP contribution in [0.2, 0.25) is 0 Å². The lowest BCUT2D eigenvalue weighted by molar-refractivity contribution is -0.151. The van der Waals surface area contributed by atoms with Gasteiger partial charge in [0.25, 0.3) is 0 Å². The molecule has 0 fully saturated rings. The van der Waals surface area contributed by atoms with Crippen LogP contribution in [-0.4, -0.2) is 36.5 Å². The Kier molecular flexibility index (Phi) is 3.24. The first-order valence-corrected chi connectivity index (χ1v) is 5.13. The summed E-state index contributed by atoms with van der Waals surface area (Å²) in [4.78, 5) is 11.2. The van der Waals surface area contributed by atoms with Gasteiger partial charge in [-0.05, 0) is 0 Å². The Morgan fingerprint density at radius 3 is 2.83 bits per heavy atom. The van der Waals surface area contributed by atoms with E-state index in [0.717, 1.165) is 13.2 Å². The SMILES string of the molecule is COC(=O)C(O)c1c(F)c(O)cc2c1OCCO2. The topological polar surface area (TPSA) is 85.2 Å². The van der Waals surface area contributed by atoms with Crippen LogP contribution in [0, 0.1) is 5.82 Å². The number of phenols is 1. The van der Waals surface area contributed by atoms with E-state index in [1.165, 1.54) is 0 Å². The maximum atomic E-state index is 13.8. The van der Waals surface area contributed by atoms with Crippen molar-refractivity contribution in [2.24, 2.45) is 0 Å². The number of phenolic OH excluding ortho intramolecular Hbond substituents is 1. The Balaban J connectivity index is 2.56. The molecule has 0 bridgehead atoms. The van der Waals surface area contributed by atoms with Crippen molar-refractivity contribution < 1.29 is 33.6 Å². The Morgan fingerprint density at radius 2 is 2.17 bits per heavy atom.